The first-order valence-electron chi connectivity index (χ1n) is 12.9. The van der Waals surface area contributed by atoms with Gasteiger partial charge in [0.05, 0.1) is 5.56 Å². The molecule has 194 valence electrons. The predicted octanol–water partition coefficient (Wildman–Crippen LogP) is 4.53. The lowest BCUT2D eigenvalue weighted by molar-refractivity contribution is 0.102. The molecular weight excluding hydrogens is 483 g/mol. The van der Waals surface area contributed by atoms with E-state index < -0.39 is 11.7 Å². The molecule has 0 spiro atoms. The van der Waals surface area contributed by atoms with Crippen molar-refractivity contribution in [2.24, 2.45) is 0 Å². The lowest BCUT2D eigenvalue weighted by Crippen LogP contribution is -2.46. The molecule has 0 bridgehead atoms. The van der Waals surface area contributed by atoms with Crippen LogP contribution in [-0.4, -0.2) is 57.2 Å². The molecule has 2 fully saturated rings. The Kier molecular flexibility index (Phi) is 6.70. The highest BCUT2D eigenvalue weighted by Gasteiger charge is 2.25. The smallest absolute Gasteiger partial charge is 0.258 e. The minimum absolute atomic E-state index is 0.0311. The molecule has 1 aliphatic carbocycles. The molecule has 2 aliphatic rings. The van der Waals surface area contributed by atoms with Gasteiger partial charge in [-0.2, -0.15) is 10.1 Å². The zero-order valence-corrected chi connectivity index (χ0v) is 20.9. The number of carbonyl (C=O) groups is 1. The van der Waals surface area contributed by atoms with Crippen LogP contribution in [0, 0.1) is 5.82 Å². The van der Waals surface area contributed by atoms with Crippen molar-refractivity contribution in [2.45, 2.75) is 25.3 Å². The topological polar surface area (TPSA) is 102 Å². The van der Waals surface area contributed by atoms with Crippen molar-refractivity contribution in [3.63, 3.8) is 0 Å². The minimum Gasteiger partial charge on any atom is -0.338 e. The molecule has 3 heterocycles. The van der Waals surface area contributed by atoms with Gasteiger partial charge in [0.15, 0.2) is 5.82 Å². The van der Waals surface area contributed by atoms with E-state index >= 15 is 0 Å². The summed E-state index contributed by atoms with van der Waals surface area (Å²) in [6, 6.07) is 17.6. The second-order valence-corrected chi connectivity index (χ2v) is 9.74. The third kappa shape index (κ3) is 5.65. The van der Waals surface area contributed by atoms with Gasteiger partial charge in [-0.1, -0.05) is 24.3 Å². The number of H-pyrrole nitrogens is 1. The number of nitrogens with one attached hydrogen (secondary N) is 3. The largest absolute Gasteiger partial charge is 0.338 e. The second-order valence-electron chi connectivity index (χ2n) is 9.74. The van der Waals surface area contributed by atoms with E-state index in [2.05, 4.69) is 41.7 Å². The monoisotopic (exact) mass is 512 g/mol. The maximum absolute atomic E-state index is 13.9. The number of benzene rings is 2. The van der Waals surface area contributed by atoms with Crippen LogP contribution in [0.2, 0.25) is 0 Å². The zero-order chi connectivity index (χ0) is 25.9. The van der Waals surface area contributed by atoms with Crippen LogP contribution in [0.5, 0.6) is 0 Å². The summed E-state index contributed by atoms with van der Waals surface area (Å²) < 4.78 is 13.9. The quantitative estimate of drug-likeness (QED) is 0.319. The van der Waals surface area contributed by atoms with Crippen molar-refractivity contribution in [3.8, 4) is 0 Å². The molecule has 9 nitrogen and oxygen atoms in total. The van der Waals surface area contributed by atoms with Crippen LogP contribution in [0.1, 0.15) is 40.4 Å². The lowest BCUT2D eigenvalue weighted by Gasteiger charge is -2.34. The Morgan fingerprint density at radius 3 is 2.55 bits per heavy atom. The first-order chi connectivity index (χ1) is 18.6. The molecule has 0 atom stereocenters. The Bertz CT molecular complexity index is 1410. The minimum atomic E-state index is -0.533. The maximum Gasteiger partial charge on any atom is 0.258 e. The number of halogens is 1. The number of nitrogens with zero attached hydrogens (tertiary/aromatic N) is 5. The predicted molar refractivity (Wildman–Crippen MR) is 144 cm³/mol. The van der Waals surface area contributed by atoms with Crippen LogP contribution in [0.3, 0.4) is 0 Å². The Morgan fingerprint density at radius 2 is 1.79 bits per heavy atom. The van der Waals surface area contributed by atoms with Gasteiger partial charge >= 0.3 is 0 Å². The number of piperazine rings is 1. The average molecular weight is 513 g/mol. The summed E-state index contributed by atoms with van der Waals surface area (Å²) in [6.45, 7) is 4.23. The molecule has 1 aliphatic heterocycles. The Balaban J connectivity index is 0.999. The van der Waals surface area contributed by atoms with Crippen LogP contribution >= 0.6 is 0 Å². The van der Waals surface area contributed by atoms with Crippen LogP contribution in [-0.2, 0) is 6.54 Å². The number of anilines is 4. The standard InChI is InChI=1S/C28H29FN8O/c29-23-4-2-1-3-22(23)27(38)31-21-9-5-19(6-10-21)18-36-13-15-37(16-14-36)28-30-12-11-25(33-28)32-26-17-24(34-35-26)20-7-8-20/h1-6,9-12,17,20H,7-8,13-16,18H2,(H,31,38)(H2,30,32,33,34,35). The van der Waals surface area contributed by atoms with Crippen molar-refractivity contribution in [3.05, 3.63) is 89.5 Å². The number of amides is 1. The second kappa shape index (κ2) is 10.6. The summed E-state index contributed by atoms with van der Waals surface area (Å²) in [5.41, 5.74) is 2.99. The third-order valence-corrected chi connectivity index (χ3v) is 6.91. The highest BCUT2D eigenvalue weighted by Crippen LogP contribution is 2.39. The molecular formula is C28H29FN8O. The molecule has 38 heavy (non-hydrogen) atoms. The molecule has 1 saturated carbocycles. The third-order valence-electron chi connectivity index (χ3n) is 6.91. The number of rotatable bonds is 8. The summed E-state index contributed by atoms with van der Waals surface area (Å²) in [5.74, 6) is 1.85. The van der Waals surface area contributed by atoms with Crippen LogP contribution in [0.25, 0.3) is 0 Å². The van der Waals surface area contributed by atoms with Gasteiger partial charge in [0.1, 0.15) is 11.6 Å². The van der Waals surface area contributed by atoms with E-state index in [0.717, 1.165) is 49.9 Å². The molecule has 2 aromatic carbocycles. The van der Waals surface area contributed by atoms with Crippen molar-refractivity contribution < 1.29 is 9.18 Å². The van der Waals surface area contributed by atoms with Crippen LogP contribution in [0.15, 0.2) is 66.9 Å². The van der Waals surface area contributed by atoms with Gasteiger partial charge in [-0.05, 0) is 48.7 Å². The van der Waals surface area contributed by atoms with E-state index in [0.29, 0.717) is 17.6 Å². The van der Waals surface area contributed by atoms with Crippen molar-refractivity contribution >= 4 is 29.2 Å². The van der Waals surface area contributed by atoms with Crippen molar-refractivity contribution in [1.82, 2.24) is 25.1 Å². The lowest BCUT2D eigenvalue weighted by atomic mass is 10.1. The number of aromatic amines is 1. The number of aromatic nitrogens is 4. The van der Waals surface area contributed by atoms with E-state index in [1.165, 1.54) is 30.7 Å². The summed E-state index contributed by atoms with van der Waals surface area (Å²) >= 11 is 0. The fourth-order valence-electron chi connectivity index (χ4n) is 4.61. The average Bonchev–Trinajstić information content (AvgIpc) is 3.69. The normalized spacial score (nSPS) is 15.9. The van der Waals surface area contributed by atoms with E-state index in [-0.39, 0.29) is 5.56 Å². The highest BCUT2D eigenvalue weighted by molar-refractivity contribution is 6.04. The van der Waals surface area contributed by atoms with E-state index in [1.807, 2.05) is 30.3 Å². The summed E-state index contributed by atoms with van der Waals surface area (Å²) in [6.07, 6.45) is 4.23. The first-order valence-corrected chi connectivity index (χ1v) is 12.9. The zero-order valence-electron chi connectivity index (χ0n) is 20.9. The fourth-order valence-corrected chi connectivity index (χ4v) is 4.61. The fraction of sp³-hybridized carbons (Fsp3) is 0.286. The van der Waals surface area contributed by atoms with Gasteiger partial charge in [-0.15, -0.1) is 0 Å². The van der Waals surface area contributed by atoms with E-state index in [9.17, 15) is 9.18 Å². The van der Waals surface area contributed by atoms with Gasteiger partial charge in [0, 0.05) is 62.3 Å². The molecule has 10 heteroatoms. The van der Waals surface area contributed by atoms with Crippen molar-refractivity contribution in [2.75, 3.05) is 41.7 Å². The van der Waals surface area contributed by atoms with Crippen LogP contribution in [0.4, 0.5) is 27.7 Å². The molecule has 2 aromatic heterocycles. The van der Waals surface area contributed by atoms with Gasteiger partial charge < -0.3 is 15.5 Å². The summed E-state index contributed by atoms with van der Waals surface area (Å²) in [7, 11) is 0. The Hall–Kier alpha value is -4.31. The molecule has 1 amide bonds. The highest BCUT2D eigenvalue weighted by atomic mass is 19.1. The molecule has 6 rings (SSSR count). The first kappa shape index (κ1) is 24.1. The molecule has 1 saturated heterocycles. The number of hydrogen-bond donors (Lipinski definition) is 3. The Morgan fingerprint density at radius 1 is 1.00 bits per heavy atom. The molecule has 3 N–H and O–H groups in total. The molecule has 4 aromatic rings. The van der Waals surface area contributed by atoms with E-state index in [1.54, 1.807) is 18.3 Å². The Labute approximate surface area is 220 Å². The van der Waals surface area contributed by atoms with Gasteiger partial charge in [0.25, 0.3) is 5.91 Å². The molecule has 0 radical (unpaired) electrons. The summed E-state index contributed by atoms with van der Waals surface area (Å²) in [4.78, 5) is 26.1. The SMILES string of the molecule is O=C(Nc1ccc(CN2CCN(c3nccc(Nc4cc(C5CC5)[nH]n4)n3)CC2)cc1)c1ccccc1F. The van der Waals surface area contributed by atoms with Gasteiger partial charge in [-0.25, -0.2) is 9.37 Å². The van der Waals surface area contributed by atoms with E-state index in [4.69, 9.17) is 4.98 Å². The van der Waals surface area contributed by atoms with Crippen molar-refractivity contribution in [1.29, 1.82) is 0 Å². The van der Waals surface area contributed by atoms with Gasteiger partial charge in [0.2, 0.25) is 5.95 Å². The van der Waals surface area contributed by atoms with Gasteiger partial charge in [-0.3, -0.25) is 14.8 Å². The van der Waals surface area contributed by atoms with Crippen LogP contribution < -0.4 is 15.5 Å². The summed E-state index contributed by atoms with van der Waals surface area (Å²) in [5, 5.41) is 13.5. The number of hydrogen-bond acceptors (Lipinski definition) is 7. The molecule has 0 unspecified atom stereocenters. The maximum atomic E-state index is 13.9. The number of carbonyl (C=O) groups excluding carboxylic acids is 1.